The van der Waals surface area contributed by atoms with Crippen LogP contribution in [0.25, 0.3) is 0 Å². The predicted molar refractivity (Wildman–Crippen MR) is 102 cm³/mol. The number of thiophene rings is 1. The van der Waals surface area contributed by atoms with Gasteiger partial charge in [-0.3, -0.25) is 4.79 Å². The second kappa shape index (κ2) is 9.24. The summed E-state index contributed by atoms with van der Waals surface area (Å²) in [5.74, 6) is 0.527. The molecule has 1 N–H and O–H groups in total. The predicted octanol–water partition coefficient (Wildman–Crippen LogP) is 3.69. The molecule has 0 saturated heterocycles. The normalized spacial score (nSPS) is 10.3. The molecule has 6 nitrogen and oxygen atoms in total. The van der Waals surface area contributed by atoms with Crippen molar-refractivity contribution in [1.82, 2.24) is 0 Å². The van der Waals surface area contributed by atoms with Crippen LogP contribution in [0.4, 0.5) is 5.00 Å². The summed E-state index contributed by atoms with van der Waals surface area (Å²) in [5, 5.41) is 3.35. The van der Waals surface area contributed by atoms with Crippen LogP contribution in [0.15, 0.2) is 24.3 Å². The third kappa shape index (κ3) is 4.76. The number of esters is 1. The van der Waals surface area contributed by atoms with Gasteiger partial charge in [0.1, 0.15) is 5.00 Å². The summed E-state index contributed by atoms with van der Waals surface area (Å²) in [6.07, 6.45) is 0.935. The fourth-order valence-corrected chi connectivity index (χ4v) is 3.42. The minimum atomic E-state index is -0.426. The number of carbonyl (C=O) groups excluding carboxylic acids is 2. The van der Waals surface area contributed by atoms with Gasteiger partial charge >= 0.3 is 5.97 Å². The van der Waals surface area contributed by atoms with Crippen LogP contribution in [-0.4, -0.2) is 32.7 Å². The molecular formula is C19H23NO5S. The lowest BCUT2D eigenvalue weighted by atomic mass is 10.1. The molecule has 2 aromatic rings. The monoisotopic (exact) mass is 377 g/mol. The summed E-state index contributed by atoms with van der Waals surface area (Å²) >= 11 is 1.39. The van der Waals surface area contributed by atoms with E-state index in [-0.39, 0.29) is 18.9 Å². The molecule has 140 valence electrons. The highest BCUT2D eigenvalue weighted by Crippen LogP contribution is 2.30. The van der Waals surface area contributed by atoms with Gasteiger partial charge in [0, 0.05) is 4.88 Å². The number of rotatable bonds is 8. The number of amides is 1. The fraction of sp³-hybridized carbons (Fsp3) is 0.368. The van der Waals surface area contributed by atoms with Crippen molar-refractivity contribution in [3.63, 3.8) is 0 Å². The Balaban J connectivity index is 2.15. The molecular weight excluding hydrogens is 354 g/mol. The van der Waals surface area contributed by atoms with Gasteiger partial charge in [-0.1, -0.05) is 13.0 Å². The Kier molecular flexibility index (Phi) is 7.03. The van der Waals surface area contributed by atoms with E-state index in [2.05, 4.69) is 5.32 Å². The molecule has 0 aliphatic heterocycles. The van der Waals surface area contributed by atoms with Crippen molar-refractivity contribution in [3.05, 3.63) is 40.3 Å². The van der Waals surface area contributed by atoms with E-state index in [1.54, 1.807) is 45.4 Å². The first-order valence-electron chi connectivity index (χ1n) is 8.32. The molecule has 0 fully saturated rings. The van der Waals surface area contributed by atoms with Crippen molar-refractivity contribution >= 4 is 28.2 Å². The zero-order valence-corrected chi connectivity index (χ0v) is 16.2. The topological polar surface area (TPSA) is 73.9 Å². The molecule has 2 rings (SSSR count). The van der Waals surface area contributed by atoms with Crippen LogP contribution < -0.4 is 14.8 Å². The van der Waals surface area contributed by atoms with Crippen LogP contribution in [-0.2, 0) is 22.4 Å². The molecule has 1 aromatic heterocycles. The lowest BCUT2D eigenvalue weighted by Crippen LogP contribution is -2.16. The number of ether oxygens (including phenoxy) is 3. The molecule has 0 saturated carbocycles. The molecule has 0 aliphatic carbocycles. The van der Waals surface area contributed by atoms with Crippen molar-refractivity contribution in [2.45, 2.75) is 26.7 Å². The van der Waals surface area contributed by atoms with Gasteiger partial charge in [0.25, 0.3) is 0 Å². The zero-order chi connectivity index (χ0) is 19.1. The number of methoxy groups -OCH3 is 2. The Morgan fingerprint density at radius 1 is 1.08 bits per heavy atom. The van der Waals surface area contributed by atoms with Crippen LogP contribution in [0, 0.1) is 0 Å². The Bertz CT molecular complexity index is 784. The lowest BCUT2D eigenvalue weighted by molar-refractivity contribution is -0.115. The summed E-state index contributed by atoms with van der Waals surface area (Å²) in [5.41, 5.74) is 1.18. The highest BCUT2D eigenvalue weighted by molar-refractivity contribution is 7.16. The molecule has 0 atom stereocenters. The summed E-state index contributed by atoms with van der Waals surface area (Å²) in [6.45, 7) is 4.03. The molecule has 7 heteroatoms. The number of benzene rings is 1. The number of aryl methyl sites for hydroxylation is 1. The SMILES string of the molecule is CCOC(=O)c1cc(CC)sc1NC(=O)Cc1ccc(OC)c(OC)c1. The minimum Gasteiger partial charge on any atom is -0.493 e. The largest absolute Gasteiger partial charge is 0.493 e. The van der Waals surface area contributed by atoms with Gasteiger partial charge in [-0.05, 0) is 37.1 Å². The summed E-state index contributed by atoms with van der Waals surface area (Å²) in [4.78, 5) is 25.5. The van der Waals surface area contributed by atoms with E-state index in [9.17, 15) is 9.59 Å². The van der Waals surface area contributed by atoms with Crippen LogP contribution in [0.1, 0.15) is 34.6 Å². The van der Waals surface area contributed by atoms with E-state index in [1.165, 1.54) is 11.3 Å². The van der Waals surface area contributed by atoms with E-state index in [4.69, 9.17) is 14.2 Å². The van der Waals surface area contributed by atoms with Gasteiger partial charge in [0.05, 0.1) is 32.8 Å². The molecule has 1 amide bonds. The highest BCUT2D eigenvalue weighted by atomic mass is 32.1. The van der Waals surface area contributed by atoms with Crippen molar-refractivity contribution in [2.75, 3.05) is 26.1 Å². The smallest absolute Gasteiger partial charge is 0.341 e. The molecule has 0 spiro atoms. The zero-order valence-electron chi connectivity index (χ0n) is 15.4. The van der Waals surface area contributed by atoms with Gasteiger partial charge in [-0.2, -0.15) is 0 Å². The molecule has 0 aliphatic rings. The first kappa shape index (κ1) is 19.8. The molecule has 1 aromatic carbocycles. The quantitative estimate of drug-likeness (QED) is 0.710. The van der Waals surface area contributed by atoms with Gasteiger partial charge in [-0.25, -0.2) is 4.79 Å². The van der Waals surface area contributed by atoms with Crippen LogP contribution in [0.5, 0.6) is 11.5 Å². The average Bonchev–Trinajstić information content (AvgIpc) is 3.04. The summed E-state index contributed by atoms with van der Waals surface area (Å²) < 4.78 is 15.5. The van der Waals surface area contributed by atoms with Crippen LogP contribution in [0.2, 0.25) is 0 Å². The Hall–Kier alpha value is -2.54. The fourth-order valence-electron chi connectivity index (χ4n) is 2.42. The standard InChI is InChI=1S/C19H23NO5S/c1-5-13-11-14(19(22)25-6-2)18(26-13)20-17(21)10-12-7-8-15(23-3)16(9-12)24-4/h7-9,11H,5-6,10H2,1-4H3,(H,20,21). The number of hydrogen-bond donors (Lipinski definition) is 1. The highest BCUT2D eigenvalue weighted by Gasteiger charge is 2.19. The molecule has 0 radical (unpaired) electrons. The summed E-state index contributed by atoms with van der Waals surface area (Å²) in [7, 11) is 3.11. The van der Waals surface area contributed by atoms with E-state index in [0.29, 0.717) is 22.1 Å². The van der Waals surface area contributed by atoms with Crippen molar-refractivity contribution in [3.8, 4) is 11.5 Å². The maximum atomic E-state index is 12.4. The maximum Gasteiger partial charge on any atom is 0.341 e. The van der Waals surface area contributed by atoms with Crippen LogP contribution >= 0.6 is 11.3 Å². The van der Waals surface area contributed by atoms with Crippen molar-refractivity contribution < 1.29 is 23.8 Å². The lowest BCUT2D eigenvalue weighted by Gasteiger charge is -2.10. The Morgan fingerprint density at radius 3 is 2.42 bits per heavy atom. The van der Waals surface area contributed by atoms with Crippen molar-refractivity contribution in [1.29, 1.82) is 0 Å². The van der Waals surface area contributed by atoms with Gasteiger partial charge < -0.3 is 19.5 Å². The minimum absolute atomic E-state index is 0.155. The second-order valence-corrected chi connectivity index (χ2v) is 6.58. The van der Waals surface area contributed by atoms with Crippen molar-refractivity contribution in [2.24, 2.45) is 0 Å². The third-order valence-corrected chi connectivity index (χ3v) is 4.89. The number of anilines is 1. The first-order chi connectivity index (χ1) is 12.5. The molecule has 0 unspecified atom stereocenters. The Labute approximate surface area is 157 Å². The van der Waals surface area contributed by atoms with Crippen LogP contribution in [0.3, 0.4) is 0 Å². The number of hydrogen-bond acceptors (Lipinski definition) is 6. The van der Waals surface area contributed by atoms with E-state index < -0.39 is 5.97 Å². The third-order valence-electron chi connectivity index (χ3n) is 3.69. The van der Waals surface area contributed by atoms with Gasteiger partial charge in [0.2, 0.25) is 5.91 Å². The van der Waals surface area contributed by atoms with E-state index in [0.717, 1.165) is 16.9 Å². The molecule has 0 bridgehead atoms. The van der Waals surface area contributed by atoms with E-state index >= 15 is 0 Å². The van der Waals surface area contributed by atoms with Gasteiger partial charge in [0.15, 0.2) is 11.5 Å². The Morgan fingerprint density at radius 2 is 1.81 bits per heavy atom. The van der Waals surface area contributed by atoms with E-state index in [1.807, 2.05) is 6.92 Å². The molecule has 1 heterocycles. The number of nitrogens with one attached hydrogen (secondary N) is 1. The first-order valence-corrected chi connectivity index (χ1v) is 9.14. The summed E-state index contributed by atoms with van der Waals surface area (Å²) in [6, 6.07) is 7.09. The number of carbonyl (C=O) groups is 2. The molecule has 26 heavy (non-hydrogen) atoms. The van der Waals surface area contributed by atoms with Gasteiger partial charge in [-0.15, -0.1) is 11.3 Å². The average molecular weight is 377 g/mol. The maximum absolute atomic E-state index is 12.4. The second-order valence-electron chi connectivity index (χ2n) is 5.44.